The highest BCUT2D eigenvalue weighted by Gasteiger charge is 2.34. The van der Waals surface area contributed by atoms with Crippen LogP contribution in [0.15, 0.2) is 40.8 Å². The van der Waals surface area contributed by atoms with E-state index in [1.807, 2.05) is 12.1 Å². The predicted octanol–water partition coefficient (Wildman–Crippen LogP) is 6.84. The van der Waals surface area contributed by atoms with Gasteiger partial charge in [0, 0.05) is 12.1 Å². The summed E-state index contributed by atoms with van der Waals surface area (Å²) in [6.07, 6.45) is -4.32. The molecule has 0 N–H and O–H groups in total. The molecule has 0 aliphatic rings. The van der Waals surface area contributed by atoms with E-state index in [9.17, 15) is 13.2 Å². The third-order valence-corrected chi connectivity index (χ3v) is 3.82. The lowest BCUT2D eigenvalue weighted by Gasteiger charge is -2.15. The average molecular weight is 337 g/mol. The second-order valence-corrected chi connectivity index (χ2v) is 8.15. The van der Waals surface area contributed by atoms with E-state index >= 15 is 0 Å². The number of rotatable bonds is 1. The van der Waals surface area contributed by atoms with Gasteiger partial charge in [-0.05, 0) is 64.8 Å². The summed E-state index contributed by atoms with van der Waals surface area (Å²) in [6.45, 7) is 12.3. The zero-order valence-electron chi connectivity index (χ0n) is 15.0. The molecular formula is C20H24F3O+. The topological polar surface area (TPSA) is 11.3 Å². The van der Waals surface area contributed by atoms with Crippen molar-refractivity contribution in [1.29, 1.82) is 0 Å². The second-order valence-electron chi connectivity index (χ2n) is 8.15. The number of hydrogen-bond acceptors (Lipinski definition) is 0. The van der Waals surface area contributed by atoms with Gasteiger partial charge < -0.3 is 0 Å². The van der Waals surface area contributed by atoms with Crippen LogP contribution in [0.4, 0.5) is 13.2 Å². The van der Waals surface area contributed by atoms with Crippen LogP contribution in [0, 0.1) is 0 Å². The molecule has 0 amide bonds. The van der Waals surface area contributed by atoms with Crippen molar-refractivity contribution in [3.8, 4) is 11.1 Å². The molecule has 2 rings (SSSR count). The van der Waals surface area contributed by atoms with Gasteiger partial charge in [0.2, 0.25) is 0 Å². The molecule has 1 aromatic carbocycles. The number of benzene rings is 1. The molecule has 0 unspecified atom stereocenters. The van der Waals surface area contributed by atoms with E-state index in [2.05, 4.69) is 41.5 Å². The highest BCUT2D eigenvalue weighted by Crippen LogP contribution is 2.35. The quantitative estimate of drug-likeness (QED) is 0.518. The SMILES string of the molecule is CC(C)(C)c1cc(-c2ccc(C(F)(F)F)cc2)cc(C(C)(C)C)[o+]1. The third kappa shape index (κ3) is 4.16. The van der Waals surface area contributed by atoms with Crippen molar-refractivity contribution in [2.24, 2.45) is 0 Å². The van der Waals surface area contributed by atoms with E-state index in [0.717, 1.165) is 34.8 Å². The molecule has 0 spiro atoms. The Bertz CT molecular complexity index is 682. The molecule has 0 saturated heterocycles. The van der Waals surface area contributed by atoms with Crippen LogP contribution in [0.1, 0.15) is 58.6 Å². The maximum absolute atomic E-state index is 12.7. The van der Waals surface area contributed by atoms with Crippen molar-refractivity contribution >= 4 is 0 Å². The van der Waals surface area contributed by atoms with E-state index in [4.69, 9.17) is 4.42 Å². The fourth-order valence-corrected chi connectivity index (χ4v) is 2.26. The molecule has 1 heterocycles. The summed E-state index contributed by atoms with van der Waals surface area (Å²) in [5.74, 6) is 1.62. The van der Waals surface area contributed by atoms with Gasteiger partial charge >= 0.3 is 17.7 Å². The summed E-state index contributed by atoms with van der Waals surface area (Å²) in [5, 5.41) is 0. The monoisotopic (exact) mass is 337 g/mol. The second kappa shape index (κ2) is 5.91. The minimum atomic E-state index is -4.32. The normalized spacial score (nSPS) is 13.2. The van der Waals surface area contributed by atoms with Crippen molar-refractivity contribution in [2.75, 3.05) is 0 Å². The van der Waals surface area contributed by atoms with E-state index in [1.54, 1.807) is 0 Å². The van der Waals surface area contributed by atoms with E-state index in [-0.39, 0.29) is 10.8 Å². The Morgan fingerprint density at radius 3 is 1.42 bits per heavy atom. The lowest BCUT2D eigenvalue weighted by atomic mass is 9.87. The van der Waals surface area contributed by atoms with Gasteiger partial charge in [0.15, 0.2) is 0 Å². The van der Waals surface area contributed by atoms with Crippen LogP contribution in [0.25, 0.3) is 11.1 Å². The standard InChI is InChI=1S/C20H24F3O/c1-18(2,3)16-11-14(12-17(24-16)19(4,5)6)13-7-9-15(10-8-13)20(21,22)23/h7-12H,1-6H3/q+1. The van der Waals surface area contributed by atoms with Gasteiger partial charge in [-0.25, -0.2) is 4.42 Å². The van der Waals surface area contributed by atoms with Crippen molar-refractivity contribution in [1.82, 2.24) is 0 Å². The summed E-state index contributed by atoms with van der Waals surface area (Å²) in [7, 11) is 0. The first-order chi connectivity index (χ1) is 10.8. The molecule has 1 aromatic heterocycles. The highest BCUT2D eigenvalue weighted by molar-refractivity contribution is 5.64. The Labute approximate surface area is 141 Å². The summed E-state index contributed by atoms with van der Waals surface area (Å²) in [4.78, 5) is 0. The van der Waals surface area contributed by atoms with Crippen LogP contribution in [0.5, 0.6) is 0 Å². The molecule has 0 radical (unpaired) electrons. The summed E-state index contributed by atoms with van der Waals surface area (Å²) < 4.78 is 44.3. The van der Waals surface area contributed by atoms with Crippen molar-refractivity contribution < 1.29 is 17.6 Å². The zero-order valence-corrected chi connectivity index (χ0v) is 15.0. The Balaban J connectivity index is 2.57. The molecule has 0 saturated carbocycles. The van der Waals surface area contributed by atoms with Crippen molar-refractivity contribution in [2.45, 2.75) is 58.5 Å². The lowest BCUT2D eigenvalue weighted by molar-refractivity contribution is -0.137. The highest BCUT2D eigenvalue weighted by atomic mass is 19.4. The molecule has 0 fully saturated rings. The molecule has 2 aromatic rings. The Hall–Kier alpha value is -1.84. The summed E-state index contributed by atoms with van der Waals surface area (Å²) in [5.41, 5.74) is 0.586. The Morgan fingerprint density at radius 1 is 0.667 bits per heavy atom. The molecule has 0 atom stereocenters. The minimum absolute atomic E-state index is 0.193. The number of alkyl halides is 3. The smallest absolute Gasteiger partial charge is 0.217 e. The molecule has 0 aliphatic heterocycles. The lowest BCUT2D eigenvalue weighted by Crippen LogP contribution is -2.16. The molecule has 1 nitrogen and oxygen atoms in total. The molecule has 0 aliphatic carbocycles. The molecule has 24 heavy (non-hydrogen) atoms. The van der Waals surface area contributed by atoms with Crippen LogP contribution in [-0.2, 0) is 17.0 Å². The first kappa shape index (κ1) is 18.5. The minimum Gasteiger partial charge on any atom is -0.217 e. The first-order valence-corrected chi connectivity index (χ1v) is 7.95. The van der Waals surface area contributed by atoms with Crippen LogP contribution in [0.2, 0.25) is 0 Å². The van der Waals surface area contributed by atoms with E-state index in [1.165, 1.54) is 12.1 Å². The van der Waals surface area contributed by atoms with Gasteiger partial charge in [-0.3, -0.25) is 0 Å². The Kier molecular flexibility index (Phi) is 4.55. The van der Waals surface area contributed by atoms with Crippen molar-refractivity contribution in [3.05, 3.63) is 53.5 Å². The number of hydrogen-bond donors (Lipinski definition) is 0. The molecular weight excluding hydrogens is 313 g/mol. The summed E-state index contributed by atoms with van der Waals surface area (Å²) in [6, 6.07) is 9.09. The largest absolute Gasteiger partial charge is 0.416 e. The first-order valence-electron chi connectivity index (χ1n) is 7.95. The number of halogens is 3. The maximum Gasteiger partial charge on any atom is 0.416 e. The summed E-state index contributed by atoms with van der Waals surface area (Å²) >= 11 is 0. The zero-order chi connectivity index (χ0) is 18.3. The fourth-order valence-electron chi connectivity index (χ4n) is 2.26. The molecule has 4 heteroatoms. The van der Waals surface area contributed by atoms with E-state index in [0.29, 0.717) is 0 Å². The van der Waals surface area contributed by atoms with Crippen LogP contribution in [-0.4, -0.2) is 0 Å². The maximum atomic E-state index is 12.7. The third-order valence-electron chi connectivity index (χ3n) is 3.82. The van der Waals surface area contributed by atoms with Crippen molar-refractivity contribution in [3.63, 3.8) is 0 Å². The van der Waals surface area contributed by atoms with Gasteiger partial charge in [0.05, 0.1) is 16.4 Å². The van der Waals surface area contributed by atoms with Crippen LogP contribution < -0.4 is 0 Å². The predicted molar refractivity (Wildman–Crippen MR) is 91.0 cm³/mol. The van der Waals surface area contributed by atoms with Gasteiger partial charge in [0.25, 0.3) is 0 Å². The van der Waals surface area contributed by atoms with Gasteiger partial charge in [0.1, 0.15) is 0 Å². The van der Waals surface area contributed by atoms with Gasteiger partial charge in [-0.1, -0.05) is 12.1 Å². The van der Waals surface area contributed by atoms with Crippen LogP contribution in [0.3, 0.4) is 0 Å². The van der Waals surface area contributed by atoms with Gasteiger partial charge in [-0.15, -0.1) is 0 Å². The fraction of sp³-hybridized carbons (Fsp3) is 0.450. The Morgan fingerprint density at radius 2 is 1.08 bits per heavy atom. The molecule has 0 bridgehead atoms. The van der Waals surface area contributed by atoms with Gasteiger partial charge in [-0.2, -0.15) is 13.2 Å². The van der Waals surface area contributed by atoms with Crippen LogP contribution >= 0.6 is 0 Å². The molecule has 130 valence electrons. The van der Waals surface area contributed by atoms with E-state index < -0.39 is 11.7 Å². The average Bonchev–Trinajstić information content (AvgIpc) is 2.44.